The first-order valence-electron chi connectivity index (χ1n) is 7.50. The molecule has 0 aromatic heterocycles. The van der Waals surface area contributed by atoms with Crippen LogP contribution >= 0.6 is 11.8 Å². The molecule has 0 heterocycles. The van der Waals surface area contributed by atoms with Gasteiger partial charge >= 0.3 is 0 Å². The van der Waals surface area contributed by atoms with E-state index in [0.29, 0.717) is 29.5 Å². The van der Waals surface area contributed by atoms with E-state index >= 15 is 0 Å². The van der Waals surface area contributed by atoms with Crippen LogP contribution in [0.3, 0.4) is 0 Å². The molecule has 128 valence electrons. The fourth-order valence-electron chi connectivity index (χ4n) is 1.99. The van der Waals surface area contributed by atoms with Gasteiger partial charge < -0.3 is 19.5 Å². The largest absolute Gasteiger partial charge is 0.497 e. The van der Waals surface area contributed by atoms with Gasteiger partial charge in [-0.1, -0.05) is 18.2 Å². The van der Waals surface area contributed by atoms with Gasteiger partial charge in [-0.05, 0) is 24.3 Å². The maximum Gasteiger partial charge on any atom is 0.234 e. The minimum Gasteiger partial charge on any atom is -0.497 e. The van der Waals surface area contributed by atoms with Gasteiger partial charge in [0.1, 0.15) is 17.2 Å². The Morgan fingerprint density at radius 2 is 1.83 bits per heavy atom. The fourth-order valence-corrected chi connectivity index (χ4v) is 2.59. The summed E-state index contributed by atoms with van der Waals surface area (Å²) in [6, 6.07) is 14.9. The van der Waals surface area contributed by atoms with Crippen LogP contribution in [0.1, 0.15) is 0 Å². The third-order valence-corrected chi connectivity index (χ3v) is 4.08. The van der Waals surface area contributed by atoms with Gasteiger partial charge in [0.15, 0.2) is 0 Å². The summed E-state index contributed by atoms with van der Waals surface area (Å²) in [4.78, 5) is 12.0. The molecule has 0 saturated heterocycles. The lowest BCUT2D eigenvalue weighted by atomic mass is 10.2. The molecule has 5 nitrogen and oxygen atoms in total. The first-order valence-corrected chi connectivity index (χ1v) is 8.66. The van der Waals surface area contributed by atoms with Gasteiger partial charge in [-0.15, -0.1) is 11.8 Å². The van der Waals surface area contributed by atoms with E-state index in [-0.39, 0.29) is 5.91 Å². The molecule has 0 radical (unpaired) electrons. The van der Waals surface area contributed by atoms with E-state index in [9.17, 15) is 4.79 Å². The number of amides is 1. The number of carbonyl (C=O) groups is 1. The lowest BCUT2D eigenvalue weighted by molar-refractivity contribution is -0.113. The number of anilines is 1. The lowest BCUT2D eigenvalue weighted by Crippen LogP contribution is -2.15. The molecule has 0 aliphatic rings. The van der Waals surface area contributed by atoms with Crippen LogP contribution in [-0.4, -0.2) is 38.2 Å². The van der Waals surface area contributed by atoms with E-state index in [2.05, 4.69) is 5.32 Å². The first kappa shape index (κ1) is 18.0. The van der Waals surface area contributed by atoms with Crippen LogP contribution < -0.4 is 19.5 Å². The number of ether oxygens (including phenoxy) is 3. The zero-order valence-electron chi connectivity index (χ0n) is 13.8. The van der Waals surface area contributed by atoms with Crippen LogP contribution in [0.5, 0.6) is 17.2 Å². The zero-order valence-corrected chi connectivity index (χ0v) is 14.6. The molecular weight excluding hydrogens is 326 g/mol. The molecule has 0 bridgehead atoms. The van der Waals surface area contributed by atoms with Crippen molar-refractivity contribution in [3.8, 4) is 17.2 Å². The number of hydrogen-bond acceptors (Lipinski definition) is 5. The van der Waals surface area contributed by atoms with Crippen molar-refractivity contribution in [2.45, 2.75) is 0 Å². The van der Waals surface area contributed by atoms with Crippen LogP contribution in [-0.2, 0) is 4.79 Å². The SMILES string of the molecule is COc1ccc(NC(=O)CSCCOc2ccccc2)c(OC)c1. The second-order valence-electron chi connectivity index (χ2n) is 4.83. The van der Waals surface area contributed by atoms with Gasteiger partial charge in [-0.2, -0.15) is 0 Å². The molecule has 0 aliphatic heterocycles. The van der Waals surface area contributed by atoms with Crippen LogP contribution in [0.2, 0.25) is 0 Å². The molecule has 0 fully saturated rings. The number of carbonyl (C=O) groups excluding carboxylic acids is 1. The van der Waals surface area contributed by atoms with Crippen molar-refractivity contribution in [3.63, 3.8) is 0 Å². The monoisotopic (exact) mass is 347 g/mol. The van der Waals surface area contributed by atoms with Crippen molar-refractivity contribution in [3.05, 3.63) is 48.5 Å². The number of para-hydroxylation sites is 1. The Labute approximate surface area is 146 Å². The van der Waals surface area contributed by atoms with Gasteiger partial charge in [-0.3, -0.25) is 4.79 Å². The number of thioether (sulfide) groups is 1. The molecule has 2 aromatic carbocycles. The maximum atomic E-state index is 12.0. The highest BCUT2D eigenvalue weighted by Crippen LogP contribution is 2.29. The van der Waals surface area contributed by atoms with E-state index < -0.39 is 0 Å². The fraction of sp³-hybridized carbons (Fsp3) is 0.278. The predicted molar refractivity (Wildman–Crippen MR) is 97.4 cm³/mol. The van der Waals surface area contributed by atoms with E-state index in [1.807, 2.05) is 30.3 Å². The number of methoxy groups -OCH3 is 2. The van der Waals surface area contributed by atoms with Crippen LogP contribution in [0.15, 0.2) is 48.5 Å². The standard InChI is InChI=1S/C18H21NO4S/c1-21-15-8-9-16(17(12-15)22-2)19-18(20)13-24-11-10-23-14-6-4-3-5-7-14/h3-9,12H,10-11,13H2,1-2H3,(H,19,20). The van der Waals surface area contributed by atoms with Gasteiger partial charge in [0, 0.05) is 11.8 Å². The molecule has 2 rings (SSSR count). The quantitative estimate of drug-likeness (QED) is 0.704. The number of benzene rings is 2. The molecule has 6 heteroatoms. The minimum atomic E-state index is -0.0804. The Morgan fingerprint density at radius 1 is 1.04 bits per heavy atom. The Balaban J connectivity index is 1.71. The molecule has 1 amide bonds. The molecule has 0 spiro atoms. The van der Waals surface area contributed by atoms with E-state index in [1.165, 1.54) is 11.8 Å². The van der Waals surface area contributed by atoms with Crippen molar-refractivity contribution in [2.24, 2.45) is 0 Å². The molecule has 0 aliphatic carbocycles. The second kappa shape index (κ2) is 9.72. The molecule has 1 N–H and O–H groups in total. The highest BCUT2D eigenvalue weighted by Gasteiger charge is 2.09. The summed E-state index contributed by atoms with van der Waals surface area (Å²) >= 11 is 1.52. The van der Waals surface area contributed by atoms with Gasteiger partial charge in [0.2, 0.25) is 5.91 Å². The summed E-state index contributed by atoms with van der Waals surface area (Å²) < 4.78 is 16.0. The summed E-state index contributed by atoms with van der Waals surface area (Å²) in [7, 11) is 3.14. The molecule has 0 atom stereocenters. The van der Waals surface area contributed by atoms with Gasteiger partial charge in [0.05, 0.1) is 32.3 Å². The predicted octanol–water partition coefficient (Wildman–Crippen LogP) is 3.45. The van der Waals surface area contributed by atoms with E-state index in [1.54, 1.807) is 32.4 Å². The van der Waals surface area contributed by atoms with E-state index in [0.717, 1.165) is 11.5 Å². The lowest BCUT2D eigenvalue weighted by Gasteiger charge is -2.11. The maximum absolute atomic E-state index is 12.0. The second-order valence-corrected chi connectivity index (χ2v) is 5.93. The summed E-state index contributed by atoms with van der Waals surface area (Å²) in [6.45, 7) is 0.563. The molecule has 24 heavy (non-hydrogen) atoms. The Morgan fingerprint density at radius 3 is 2.54 bits per heavy atom. The average Bonchev–Trinajstić information content (AvgIpc) is 2.62. The number of hydrogen-bond donors (Lipinski definition) is 1. The highest BCUT2D eigenvalue weighted by atomic mass is 32.2. The van der Waals surface area contributed by atoms with Crippen LogP contribution in [0.4, 0.5) is 5.69 Å². The molecule has 0 saturated carbocycles. The third kappa shape index (κ3) is 5.70. The van der Waals surface area contributed by atoms with Crippen molar-refractivity contribution < 1.29 is 19.0 Å². The normalized spacial score (nSPS) is 10.1. The zero-order chi connectivity index (χ0) is 17.2. The molecule has 0 unspecified atom stereocenters. The summed E-state index contributed by atoms with van der Waals surface area (Å²) in [6.07, 6.45) is 0. The first-order chi connectivity index (χ1) is 11.7. The summed E-state index contributed by atoms with van der Waals surface area (Å²) in [5.41, 5.74) is 0.629. The van der Waals surface area contributed by atoms with Crippen molar-refractivity contribution in [1.29, 1.82) is 0 Å². The molecule has 2 aromatic rings. The molecular formula is C18H21NO4S. The van der Waals surface area contributed by atoms with Crippen LogP contribution in [0, 0.1) is 0 Å². The van der Waals surface area contributed by atoms with Crippen LogP contribution in [0.25, 0.3) is 0 Å². The van der Waals surface area contributed by atoms with Gasteiger partial charge in [-0.25, -0.2) is 0 Å². The highest BCUT2D eigenvalue weighted by molar-refractivity contribution is 7.99. The summed E-state index contributed by atoms with van der Waals surface area (Å²) in [5.74, 6) is 3.10. The topological polar surface area (TPSA) is 56.8 Å². The van der Waals surface area contributed by atoms with Crippen molar-refractivity contribution >= 4 is 23.4 Å². The van der Waals surface area contributed by atoms with E-state index in [4.69, 9.17) is 14.2 Å². The number of nitrogens with one attached hydrogen (secondary N) is 1. The minimum absolute atomic E-state index is 0.0804. The Bertz CT molecular complexity index is 649. The number of rotatable bonds is 9. The Hall–Kier alpha value is -2.34. The average molecular weight is 347 g/mol. The Kier molecular flexibility index (Phi) is 7.29. The smallest absolute Gasteiger partial charge is 0.234 e. The third-order valence-electron chi connectivity index (χ3n) is 3.16. The van der Waals surface area contributed by atoms with Gasteiger partial charge in [0.25, 0.3) is 0 Å². The van der Waals surface area contributed by atoms with Crippen molar-refractivity contribution in [1.82, 2.24) is 0 Å². The van der Waals surface area contributed by atoms with Crippen molar-refractivity contribution in [2.75, 3.05) is 37.6 Å². The summed E-state index contributed by atoms with van der Waals surface area (Å²) in [5, 5.41) is 2.84.